The number of amides is 1. The third-order valence-electron chi connectivity index (χ3n) is 4.57. The number of benzene rings is 1. The van der Waals surface area contributed by atoms with Crippen LogP contribution in [-0.2, 0) is 9.53 Å². The normalized spacial score (nSPS) is 14.6. The van der Waals surface area contributed by atoms with Crippen molar-refractivity contribution in [2.75, 3.05) is 7.11 Å². The Morgan fingerprint density at radius 1 is 1.22 bits per heavy atom. The van der Waals surface area contributed by atoms with Crippen molar-refractivity contribution in [3.63, 3.8) is 0 Å². The number of methoxy groups -OCH3 is 1. The van der Waals surface area contributed by atoms with Crippen LogP contribution in [0.15, 0.2) is 46.4 Å². The predicted octanol–water partition coefficient (Wildman–Crippen LogP) is 3.70. The summed E-state index contributed by atoms with van der Waals surface area (Å²) in [7, 11) is 1.32. The Bertz CT molecular complexity index is 914. The summed E-state index contributed by atoms with van der Waals surface area (Å²) >= 11 is 0. The van der Waals surface area contributed by atoms with Crippen molar-refractivity contribution in [3.05, 3.63) is 53.3 Å². The summed E-state index contributed by atoms with van der Waals surface area (Å²) in [6, 6.07) is 12.3. The van der Waals surface area contributed by atoms with Crippen molar-refractivity contribution >= 4 is 18.0 Å². The minimum Gasteiger partial charge on any atom is -0.465 e. The minimum atomic E-state index is -0.465. The highest BCUT2D eigenvalue weighted by atomic mass is 16.5. The molecule has 0 aliphatic heterocycles. The number of esters is 1. The highest BCUT2D eigenvalue weighted by Gasteiger charge is 2.20. The average Bonchev–Trinajstić information content (AvgIpc) is 3.37. The lowest BCUT2D eigenvalue weighted by atomic mass is 10.1. The summed E-state index contributed by atoms with van der Waals surface area (Å²) < 4.78 is 10.5. The first-order valence-corrected chi connectivity index (χ1v) is 8.82. The Labute approximate surface area is 157 Å². The fourth-order valence-corrected chi connectivity index (χ4v) is 3.19. The van der Waals surface area contributed by atoms with Gasteiger partial charge in [0.2, 0.25) is 0 Å². The van der Waals surface area contributed by atoms with E-state index in [0.29, 0.717) is 22.6 Å². The van der Waals surface area contributed by atoms with Crippen molar-refractivity contribution in [2.24, 2.45) is 0 Å². The molecule has 0 saturated heterocycles. The minimum absolute atomic E-state index is 0.0101. The number of carbonyl (C=O) groups is 2. The maximum absolute atomic E-state index is 12.3. The zero-order valence-electron chi connectivity index (χ0n) is 15.0. The second-order valence-corrected chi connectivity index (χ2v) is 6.36. The molecule has 1 saturated carbocycles. The third kappa shape index (κ3) is 4.26. The fourth-order valence-electron chi connectivity index (χ4n) is 3.19. The molecule has 0 atom stereocenters. The highest BCUT2D eigenvalue weighted by Crippen LogP contribution is 2.27. The molecule has 0 unspecified atom stereocenters. The standard InChI is InChI=1S/C21H20N2O4/c1-26-21(25)18-9-5-4-8-17(18)19-11-10-16(27-19)12-14(13-22)20(24)23-15-6-2-3-7-15/h4-5,8-12,15H,2-3,6-7H2,1H3,(H,23,24)/b14-12-. The van der Waals surface area contributed by atoms with Crippen molar-refractivity contribution in [1.82, 2.24) is 5.32 Å². The smallest absolute Gasteiger partial charge is 0.338 e. The monoisotopic (exact) mass is 364 g/mol. The first kappa shape index (κ1) is 18.5. The number of furan rings is 1. The molecule has 2 aromatic rings. The molecule has 0 spiro atoms. The largest absolute Gasteiger partial charge is 0.465 e. The Morgan fingerprint density at radius 3 is 2.67 bits per heavy atom. The van der Waals surface area contributed by atoms with E-state index in [1.165, 1.54) is 13.2 Å². The van der Waals surface area contributed by atoms with Gasteiger partial charge in [-0.15, -0.1) is 0 Å². The van der Waals surface area contributed by atoms with Crippen LogP contribution in [0.4, 0.5) is 0 Å². The summed E-state index contributed by atoms with van der Waals surface area (Å²) in [6.45, 7) is 0. The lowest BCUT2D eigenvalue weighted by Gasteiger charge is -2.10. The summed E-state index contributed by atoms with van der Waals surface area (Å²) in [5, 5.41) is 12.2. The van der Waals surface area contributed by atoms with E-state index >= 15 is 0 Å². The van der Waals surface area contributed by atoms with Crippen molar-refractivity contribution < 1.29 is 18.7 Å². The van der Waals surface area contributed by atoms with Crippen LogP contribution in [0.25, 0.3) is 17.4 Å². The maximum atomic E-state index is 12.3. The molecule has 3 rings (SSSR count). The summed E-state index contributed by atoms with van der Waals surface area (Å²) in [5.41, 5.74) is 0.950. The molecule has 1 aromatic carbocycles. The summed E-state index contributed by atoms with van der Waals surface area (Å²) in [5.74, 6) is -0.0383. The molecular weight excluding hydrogens is 344 g/mol. The Balaban J connectivity index is 1.83. The fraction of sp³-hybridized carbons (Fsp3) is 0.286. The van der Waals surface area contributed by atoms with Gasteiger partial charge in [0.05, 0.1) is 12.7 Å². The van der Waals surface area contributed by atoms with Crippen molar-refractivity contribution in [2.45, 2.75) is 31.7 Å². The van der Waals surface area contributed by atoms with Crippen LogP contribution in [0.2, 0.25) is 0 Å². The van der Waals surface area contributed by atoms with Gasteiger partial charge in [-0.25, -0.2) is 4.79 Å². The molecule has 0 radical (unpaired) electrons. The van der Waals surface area contributed by atoms with Crippen molar-refractivity contribution in [3.8, 4) is 17.4 Å². The molecule has 1 fully saturated rings. The quantitative estimate of drug-likeness (QED) is 0.496. The van der Waals surface area contributed by atoms with E-state index in [2.05, 4.69) is 5.32 Å². The summed E-state index contributed by atoms with van der Waals surface area (Å²) in [6.07, 6.45) is 5.49. The van der Waals surface area contributed by atoms with Crippen LogP contribution in [0.3, 0.4) is 0 Å². The lowest BCUT2D eigenvalue weighted by molar-refractivity contribution is -0.117. The van der Waals surface area contributed by atoms with Gasteiger partial charge >= 0.3 is 5.97 Å². The predicted molar refractivity (Wildman–Crippen MR) is 99.5 cm³/mol. The number of ether oxygens (including phenoxy) is 1. The molecule has 1 aliphatic rings. The molecule has 0 bridgehead atoms. The second-order valence-electron chi connectivity index (χ2n) is 6.36. The van der Waals surface area contributed by atoms with E-state index in [4.69, 9.17) is 9.15 Å². The van der Waals surface area contributed by atoms with Crippen LogP contribution in [0.1, 0.15) is 41.8 Å². The molecule has 138 valence electrons. The number of rotatable bonds is 5. The van der Waals surface area contributed by atoms with E-state index in [1.807, 2.05) is 6.07 Å². The number of carbonyl (C=O) groups excluding carboxylic acids is 2. The molecular formula is C21H20N2O4. The molecule has 1 heterocycles. The molecule has 27 heavy (non-hydrogen) atoms. The van der Waals surface area contributed by atoms with Gasteiger partial charge in [-0.1, -0.05) is 31.0 Å². The topological polar surface area (TPSA) is 92.3 Å². The number of nitrogens with zero attached hydrogens (tertiary/aromatic N) is 1. The SMILES string of the molecule is COC(=O)c1ccccc1-c1ccc(/C=C(/C#N)C(=O)NC2CCCC2)o1. The average molecular weight is 364 g/mol. The van der Waals surface area contributed by atoms with Gasteiger partial charge in [0.1, 0.15) is 23.2 Å². The van der Waals surface area contributed by atoms with E-state index in [0.717, 1.165) is 25.7 Å². The lowest BCUT2D eigenvalue weighted by Crippen LogP contribution is -2.33. The van der Waals surface area contributed by atoms with Crippen LogP contribution in [0.5, 0.6) is 0 Å². The number of nitriles is 1. The van der Waals surface area contributed by atoms with Gasteiger partial charge < -0.3 is 14.5 Å². The Kier molecular flexibility index (Phi) is 5.72. The van der Waals surface area contributed by atoms with Crippen LogP contribution < -0.4 is 5.32 Å². The van der Waals surface area contributed by atoms with Gasteiger partial charge in [0, 0.05) is 17.7 Å². The third-order valence-corrected chi connectivity index (χ3v) is 4.57. The van der Waals surface area contributed by atoms with Crippen molar-refractivity contribution in [1.29, 1.82) is 5.26 Å². The zero-order chi connectivity index (χ0) is 19.2. The summed E-state index contributed by atoms with van der Waals surface area (Å²) in [4.78, 5) is 24.2. The molecule has 1 aliphatic carbocycles. The molecule has 1 amide bonds. The van der Waals surface area contributed by atoms with Crippen LogP contribution >= 0.6 is 0 Å². The Morgan fingerprint density at radius 2 is 1.96 bits per heavy atom. The van der Waals surface area contributed by atoms with Crippen LogP contribution in [-0.4, -0.2) is 25.0 Å². The van der Waals surface area contributed by atoms with E-state index in [1.54, 1.807) is 36.4 Å². The first-order valence-electron chi connectivity index (χ1n) is 8.82. The van der Waals surface area contributed by atoms with Gasteiger partial charge in [0.25, 0.3) is 5.91 Å². The van der Waals surface area contributed by atoms with Crippen LogP contribution in [0, 0.1) is 11.3 Å². The van der Waals surface area contributed by atoms with E-state index in [9.17, 15) is 14.9 Å². The highest BCUT2D eigenvalue weighted by molar-refractivity contribution is 6.01. The first-order chi connectivity index (χ1) is 13.1. The van der Waals surface area contributed by atoms with Gasteiger partial charge in [-0.05, 0) is 31.0 Å². The molecule has 1 aromatic heterocycles. The number of hydrogen-bond donors (Lipinski definition) is 1. The Hall–Kier alpha value is -3.33. The second kappa shape index (κ2) is 8.37. The van der Waals surface area contributed by atoms with Gasteiger partial charge in [-0.2, -0.15) is 5.26 Å². The maximum Gasteiger partial charge on any atom is 0.338 e. The molecule has 1 N–H and O–H groups in total. The zero-order valence-corrected chi connectivity index (χ0v) is 15.0. The van der Waals surface area contributed by atoms with Gasteiger partial charge in [-0.3, -0.25) is 4.79 Å². The van der Waals surface area contributed by atoms with E-state index < -0.39 is 11.9 Å². The molecule has 6 heteroatoms. The molecule has 6 nitrogen and oxygen atoms in total. The van der Waals surface area contributed by atoms with E-state index in [-0.39, 0.29) is 11.6 Å². The number of nitrogens with one attached hydrogen (secondary N) is 1. The number of hydrogen-bond acceptors (Lipinski definition) is 5. The van der Waals surface area contributed by atoms with Gasteiger partial charge in [0.15, 0.2) is 0 Å².